The second kappa shape index (κ2) is 9.10. The molecule has 2 N–H and O–H groups in total. The van der Waals surface area contributed by atoms with E-state index in [1.165, 1.54) is 45.8 Å². The molecule has 1 fully saturated rings. The molecule has 2 aliphatic rings. The van der Waals surface area contributed by atoms with E-state index in [-0.39, 0.29) is 22.7 Å². The van der Waals surface area contributed by atoms with Crippen LogP contribution >= 0.6 is 23.4 Å². The van der Waals surface area contributed by atoms with E-state index in [4.69, 9.17) is 11.6 Å². The van der Waals surface area contributed by atoms with Crippen LogP contribution < -0.4 is 9.80 Å². The van der Waals surface area contributed by atoms with Crippen LogP contribution in [0.3, 0.4) is 0 Å². The Labute approximate surface area is 195 Å². The van der Waals surface area contributed by atoms with Crippen LogP contribution in [0, 0.1) is 17.5 Å². The van der Waals surface area contributed by atoms with Crippen LogP contribution in [0.25, 0.3) is 0 Å². The summed E-state index contributed by atoms with van der Waals surface area (Å²) in [6.07, 6.45) is 0.764. The van der Waals surface area contributed by atoms with E-state index in [0.717, 1.165) is 65.6 Å². The van der Waals surface area contributed by atoms with Crippen molar-refractivity contribution in [2.75, 3.05) is 26.2 Å². The van der Waals surface area contributed by atoms with Crippen molar-refractivity contribution in [2.45, 2.75) is 28.8 Å². The van der Waals surface area contributed by atoms with Crippen LogP contribution in [-0.4, -0.2) is 26.2 Å². The zero-order valence-corrected chi connectivity index (χ0v) is 19.0. The van der Waals surface area contributed by atoms with Crippen molar-refractivity contribution in [3.8, 4) is 0 Å². The number of quaternary nitrogens is 2. The monoisotopic (exact) mass is 476 g/mol. The number of piperazine rings is 1. The Morgan fingerprint density at radius 3 is 2.31 bits per heavy atom. The summed E-state index contributed by atoms with van der Waals surface area (Å²) in [7, 11) is 0. The molecule has 0 unspecified atom stereocenters. The second-order valence-electron chi connectivity index (χ2n) is 8.63. The lowest BCUT2D eigenvalue weighted by Crippen LogP contribution is -3.27. The van der Waals surface area contributed by atoms with Gasteiger partial charge >= 0.3 is 0 Å². The van der Waals surface area contributed by atoms with E-state index in [2.05, 4.69) is 0 Å². The molecule has 166 valence electrons. The molecule has 3 aromatic carbocycles. The summed E-state index contributed by atoms with van der Waals surface area (Å²) < 4.78 is 41.4. The van der Waals surface area contributed by atoms with Crippen LogP contribution in [0.2, 0.25) is 5.02 Å². The molecule has 2 nitrogen and oxygen atoms in total. The minimum atomic E-state index is -0.444. The molecule has 32 heavy (non-hydrogen) atoms. The van der Waals surface area contributed by atoms with E-state index < -0.39 is 5.82 Å². The minimum absolute atomic E-state index is 0.131. The van der Waals surface area contributed by atoms with Crippen LogP contribution in [0.5, 0.6) is 0 Å². The third-order valence-electron chi connectivity index (χ3n) is 6.56. The van der Waals surface area contributed by atoms with Gasteiger partial charge in [-0.15, -0.1) is 0 Å². The van der Waals surface area contributed by atoms with Crippen molar-refractivity contribution in [3.63, 3.8) is 0 Å². The summed E-state index contributed by atoms with van der Waals surface area (Å²) in [5.41, 5.74) is 3.26. The van der Waals surface area contributed by atoms with Crippen LogP contribution in [0.4, 0.5) is 13.2 Å². The van der Waals surface area contributed by atoms with Crippen molar-refractivity contribution in [1.29, 1.82) is 0 Å². The Balaban J connectivity index is 1.38. The zero-order chi connectivity index (χ0) is 22.2. The van der Waals surface area contributed by atoms with E-state index in [9.17, 15) is 13.2 Å². The van der Waals surface area contributed by atoms with Gasteiger partial charge in [0, 0.05) is 27.3 Å². The molecule has 0 spiro atoms. The van der Waals surface area contributed by atoms with E-state index in [1.807, 2.05) is 18.2 Å². The molecule has 0 radical (unpaired) electrons. The van der Waals surface area contributed by atoms with Crippen molar-refractivity contribution >= 4 is 23.4 Å². The van der Waals surface area contributed by atoms with Gasteiger partial charge in [0.15, 0.2) is 0 Å². The molecule has 7 heteroatoms. The van der Waals surface area contributed by atoms with Gasteiger partial charge in [-0.3, -0.25) is 0 Å². The molecular formula is C25H24ClF3N2S+2. The average Bonchev–Trinajstić information content (AvgIpc) is 2.92. The normalized spacial score (nSPS) is 22.7. The largest absolute Gasteiger partial charge is 0.322 e. The smallest absolute Gasteiger partial charge is 0.142 e. The lowest BCUT2D eigenvalue weighted by molar-refractivity contribution is -1.03. The predicted molar refractivity (Wildman–Crippen MR) is 120 cm³/mol. The maximum atomic E-state index is 14.3. The fourth-order valence-electron chi connectivity index (χ4n) is 4.85. The summed E-state index contributed by atoms with van der Waals surface area (Å²) in [6.45, 7) is 4.81. The number of nitrogens with one attached hydrogen (secondary N) is 2. The fraction of sp³-hybridized carbons (Fsp3) is 0.280. The Morgan fingerprint density at radius 1 is 0.844 bits per heavy atom. The lowest BCUT2D eigenvalue weighted by atomic mass is 9.96. The first kappa shape index (κ1) is 21.8. The van der Waals surface area contributed by atoms with Crippen LogP contribution in [0.1, 0.15) is 22.7 Å². The van der Waals surface area contributed by atoms with Gasteiger partial charge in [-0.25, -0.2) is 13.2 Å². The summed E-state index contributed by atoms with van der Waals surface area (Å²) in [5.74, 6) is -0.936. The van der Waals surface area contributed by atoms with Gasteiger partial charge in [0.25, 0.3) is 0 Å². The second-order valence-corrected chi connectivity index (χ2v) is 10.1. The molecule has 1 saturated heterocycles. The van der Waals surface area contributed by atoms with E-state index in [0.29, 0.717) is 0 Å². The Hall–Kier alpha value is -1.99. The SMILES string of the molecule is Fc1ccc(C[NH+]2CC[NH+]([C@H]3Cc4ccc(F)cc4Sc4cc(F)c(Cl)cc43)CC2)cc1. The topological polar surface area (TPSA) is 8.88 Å². The molecule has 0 saturated carbocycles. The summed E-state index contributed by atoms with van der Waals surface area (Å²) in [5, 5.41) is 0.131. The molecular weight excluding hydrogens is 453 g/mol. The highest BCUT2D eigenvalue weighted by molar-refractivity contribution is 7.99. The molecule has 0 bridgehead atoms. The molecule has 0 aliphatic carbocycles. The maximum Gasteiger partial charge on any atom is 0.142 e. The molecule has 2 heterocycles. The zero-order valence-electron chi connectivity index (χ0n) is 17.4. The van der Waals surface area contributed by atoms with Crippen molar-refractivity contribution in [1.82, 2.24) is 0 Å². The first-order valence-corrected chi connectivity index (χ1v) is 12.0. The van der Waals surface area contributed by atoms with Gasteiger partial charge in [0.1, 0.15) is 56.2 Å². The number of fused-ring (bicyclic) bond motifs is 2. The Morgan fingerprint density at radius 2 is 1.56 bits per heavy atom. The third kappa shape index (κ3) is 4.55. The molecule has 0 amide bonds. The molecule has 5 rings (SSSR count). The molecule has 0 aromatic heterocycles. The van der Waals surface area contributed by atoms with Gasteiger partial charge in [-0.2, -0.15) is 0 Å². The number of halogens is 4. The highest BCUT2D eigenvalue weighted by atomic mass is 35.5. The predicted octanol–water partition coefficient (Wildman–Crippen LogP) is 3.49. The highest BCUT2D eigenvalue weighted by Crippen LogP contribution is 2.42. The van der Waals surface area contributed by atoms with Gasteiger partial charge in [-0.1, -0.05) is 41.6 Å². The average molecular weight is 477 g/mol. The quantitative estimate of drug-likeness (QED) is 0.588. The van der Waals surface area contributed by atoms with Crippen molar-refractivity contribution in [3.05, 3.63) is 93.8 Å². The fourth-order valence-corrected chi connectivity index (χ4v) is 6.19. The Bertz CT molecular complexity index is 1130. The standard InChI is InChI=1S/C25H22ClF3N2S/c26-21-13-20-23(11-17-3-6-19(28)12-24(17)32-25(20)14-22(21)29)31-9-7-30(8-10-31)15-16-1-4-18(27)5-2-16/h1-6,12-14,23H,7-11,15H2/p+2/t23-/m0/s1. The van der Waals surface area contributed by atoms with Gasteiger partial charge < -0.3 is 9.80 Å². The number of hydrogen-bond acceptors (Lipinski definition) is 1. The molecule has 1 atom stereocenters. The molecule has 2 aliphatic heterocycles. The summed E-state index contributed by atoms with van der Waals surface area (Å²) >= 11 is 7.60. The maximum absolute atomic E-state index is 14.3. The number of benzene rings is 3. The van der Waals surface area contributed by atoms with Crippen LogP contribution in [-0.2, 0) is 13.0 Å². The Kier molecular flexibility index (Phi) is 6.21. The van der Waals surface area contributed by atoms with Crippen molar-refractivity contribution < 1.29 is 23.0 Å². The van der Waals surface area contributed by atoms with E-state index in [1.54, 1.807) is 12.1 Å². The number of rotatable bonds is 3. The van der Waals surface area contributed by atoms with E-state index >= 15 is 0 Å². The minimum Gasteiger partial charge on any atom is -0.322 e. The van der Waals surface area contributed by atoms with Crippen LogP contribution in [0.15, 0.2) is 64.4 Å². The highest BCUT2D eigenvalue weighted by Gasteiger charge is 2.35. The van der Waals surface area contributed by atoms with Gasteiger partial charge in [-0.05, 0) is 42.0 Å². The number of hydrogen-bond donors (Lipinski definition) is 2. The first-order chi connectivity index (χ1) is 15.5. The molecule has 3 aromatic rings. The van der Waals surface area contributed by atoms with Gasteiger partial charge in [0.05, 0.1) is 5.02 Å². The lowest BCUT2D eigenvalue weighted by Gasteiger charge is -2.35. The third-order valence-corrected chi connectivity index (χ3v) is 8.02. The summed E-state index contributed by atoms with van der Waals surface area (Å²) in [4.78, 5) is 4.57. The summed E-state index contributed by atoms with van der Waals surface area (Å²) in [6, 6.07) is 15.0. The van der Waals surface area contributed by atoms with Crippen molar-refractivity contribution in [2.24, 2.45) is 0 Å². The van der Waals surface area contributed by atoms with Gasteiger partial charge in [0.2, 0.25) is 0 Å². The first-order valence-electron chi connectivity index (χ1n) is 10.8.